The number of rotatable bonds is 4. The van der Waals surface area contributed by atoms with Crippen molar-refractivity contribution in [3.63, 3.8) is 0 Å². The normalized spacial score (nSPS) is 16.7. The first kappa shape index (κ1) is 15.5. The molecule has 1 aliphatic rings. The zero-order chi connectivity index (χ0) is 14.4. The van der Waals surface area contributed by atoms with Gasteiger partial charge in [0.1, 0.15) is 0 Å². The number of carbonyl (C=O) groups excluding carboxylic acids is 1. The van der Waals surface area contributed by atoms with Gasteiger partial charge in [-0.15, -0.1) is 0 Å². The van der Waals surface area contributed by atoms with Crippen LogP contribution in [0.5, 0.6) is 0 Å². The molecule has 1 aromatic carbocycles. The minimum atomic E-state index is 0.102. The molecule has 20 heavy (non-hydrogen) atoms. The first-order valence-corrected chi connectivity index (χ1v) is 8.23. The van der Waals surface area contributed by atoms with Crippen LogP contribution < -0.4 is 5.32 Å². The maximum absolute atomic E-state index is 12.0. The monoisotopic (exact) mass is 338 g/mol. The lowest BCUT2D eigenvalue weighted by atomic mass is 10.2. The molecule has 0 atom stereocenters. The van der Waals surface area contributed by atoms with Gasteiger partial charge < -0.3 is 10.2 Å². The standard InChI is InChI=1S/C16H23BrN2O/c1-13-6-7-14(12-15(13)17)18-16(20)8-11-19-9-4-2-3-5-10-19/h6-7,12H,2-5,8-11H2,1H3,(H,18,20). The Balaban J connectivity index is 1.78. The largest absolute Gasteiger partial charge is 0.326 e. The lowest BCUT2D eigenvalue weighted by molar-refractivity contribution is -0.116. The van der Waals surface area contributed by atoms with E-state index in [1.807, 2.05) is 25.1 Å². The lowest BCUT2D eigenvalue weighted by Gasteiger charge is -2.19. The summed E-state index contributed by atoms with van der Waals surface area (Å²) in [6.45, 7) is 5.20. The molecule has 4 heteroatoms. The van der Waals surface area contributed by atoms with E-state index in [1.54, 1.807) is 0 Å². The summed E-state index contributed by atoms with van der Waals surface area (Å²) in [5, 5.41) is 2.97. The Morgan fingerprint density at radius 3 is 2.60 bits per heavy atom. The van der Waals surface area contributed by atoms with Gasteiger partial charge in [-0.3, -0.25) is 4.79 Å². The van der Waals surface area contributed by atoms with Crippen molar-refractivity contribution >= 4 is 27.5 Å². The molecule has 0 bridgehead atoms. The number of amides is 1. The molecule has 3 nitrogen and oxygen atoms in total. The number of aryl methyl sites for hydroxylation is 1. The average Bonchev–Trinajstić information content (AvgIpc) is 2.69. The quantitative estimate of drug-likeness (QED) is 0.900. The van der Waals surface area contributed by atoms with Crippen LogP contribution in [0, 0.1) is 6.92 Å². The molecule has 1 heterocycles. The highest BCUT2D eigenvalue weighted by Crippen LogP contribution is 2.20. The van der Waals surface area contributed by atoms with Gasteiger partial charge in [-0.05, 0) is 50.6 Å². The number of carbonyl (C=O) groups is 1. The molecule has 0 aliphatic carbocycles. The fraction of sp³-hybridized carbons (Fsp3) is 0.562. The third-order valence-electron chi connectivity index (χ3n) is 3.81. The van der Waals surface area contributed by atoms with Gasteiger partial charge in [0.25, 0.3) is 0 Å². The molecule has 0 saturated carbocycles. The van der Waals surface area contributed by atoms with Crippen molar-refractivity contribution in [3.8, 4) is 0 Å². The van der Waals surface area contributed by atoms with E-state index in [4.69, 9.17) is 0 Å². The Morgan fingerprint density at radius 1 is 1.25 bits per heavy atom. The summed E-state index contributed by atoms with van der Waals surface area (Å²) in [6.07, 6.45) is 5.78. The predicted molar refractivity (Wildman–Crippen MR) is 87.0 cm³/mol. The fourth-order valence-electron chi connectivity index (χ4n) is 2.51. The minimum Gasteiger partial charge on any atom is -0.326 e. The average molecular weight is 339 g/mol. The molecule has 0 unspecified atom stereocenters. The molecule has 1 amide bonds. The van der Waals surface area contributed by atoms with Crippen LogP contribution in [0.1, 0.15) is 37.7 Å². The fourth-order valence-corrected chi connectivity index (χ4v) is 2.89. The Morgan fingerprint density at radius 2 is 1.95 bits per heavy atom. The molecule has 110 valence electrons. The van der Waals surface area contributed by atoms with Crippen molar-refractivity contribution < 1.29 is 4.79 Å². The van der Waals surface area contributed by atoms with Crippen LogP contribution in [-0.2, 0) is 4.79 Å². The molecule has 1 fully saturated rings. The van der Waals surface area contributed by atoms with Gasteiger partial charge in [0.15, 0.2) is 0 Å². The SMILES string of the molecule is Cc1ccc(NC(=O)CCN2CCCCCC2)cc1Br. The summed E-state index contributed by atoms with van der Waals surface area (Å²) >= 11 is 3.49. The highest BCUT2D eigenvalue weighted by molar-refractivity contribution is 9.10. The molecular weight excluding hydrogens is 316 g/mol. The topological polar surface area (TPSA) is 32.3 Å². The van der Waals surface area contributed by atoms with Crippen LogP contribution in [0.2, 0.25) is 0 Å². The van der Waals surface area contributed by atoms with Crippen molar-refractivity contribution in [2.75, 3.05) is 25.0 Å². The first-order chi connectivity index (χ1) is 9.65. The Kier molecular flexibility index (Phi) is 6.05. The first-order valence-electron chi connectivity index (χ1n) is 7.43. The number of likely N-dealkylation sites (tertiary alicyclic amines) is 1. The molecule has 2 rings (SSSR count). The van der Waals surface area contributed by atoms with Crippen LogP contribution in [0.3, 0.4) is 0 Å². The number of halogens is 1. The van der Waals surface area contributed by atoms with E-state index in [1.165, 1.54) is 31.2 Å². The molecule has 0 radical (unpaired) electrons. The third kappa shape index (κ3) is 4.91. The van der Waals surface area contributed by atoms with Crippen LogP contribution in [0.15, 0.2) is 22.7 Å². The van der Waals surface area contributed by atoms with Crippen molar-refractivity contribution in [1.29, 1.82) is 0 Å². The zero-order valence-electron chi connectivity index (χ0n) is 12.1. The van der Waals surface area contributed by atoms with Gasteiger partial charge in [0, 0.05) is 23.1 Å². The highest BCUT2D eigenvalue weighted by atomic mass is 79.9. The number of benzene rings is 1. The van der Waals surface area contributed by atoms with E-state index in [0.717, 1.165) is 29.8 Å². The minimum absolute atomic E-state index is 0.102. The van der Waals surface area contributed by atoms with Gasteiger partial charge in [0.05, 0.1) is 0 Å². The second-order valence-corrected chi connectivity index (χ2v) is 6.37. The van der Waals surface area contributed by atoms with Gasteiger partial charge in [-0.2, -0.15) is 0 Å². The Labute approximate surface area is 129 Å². The third-order valence-corrected chi connectivity index (χ3v) is 4.66. The molecule has 1 saturated heterocycles. The van der Waals surface area contributed by atoms with E-state index in [-0.39, 0.29) is 5.91 Å². The van der Waals surface area contributed by atoms with Crippen molar-refractivity contribution in [2.45, 2.75) is 39.0 Å². The second-order valence-electron chi connectivity index (χ2n) is 5.52. The molecular formula is C16H23BrN2O. The van der Waals surface area contributed by atoms with E-state index in [2.05, 4.69) is 26.1 Å². The summed E-state index contributed by atoms with van der Waals surface area (Å²) in [6, 6.07) is 5.91. The molecule has 1 aliphatic heterocycles. The zero-order valence-corrected chi connectivity index (χ0v) is 13.7. The maximum atomic E-state index is 12.0. The maximum Gasteiger partial charge on any atom is 0.225 e. The number of hydrogen-bond donors (Lipinski definition) is 1. The molecule has 0 spiro atoms. The Bertz CT molecular complexity index is 454. The molecule has 1 N–H and O–H groups in total. The number of hydrogen-bond acceptors (Lipinski definition) is 2. The van der Waals surface area contributed by atoms with Gasteiger partial charge in [0.2, 0.25) is 5.91 Å². The van der Waals surface area contributed by atoms with Crippen LogP contribution >= 0.6 is 15.9 Å². The predicted octanol–water partition coefficient (Wildman–Crippen LogP) is 3.96. The van der Waals surface area contributed by atoms with Crippen LogP contribution in [0.25, 0.3) is 0 Å². The summed E-state index contributed by atoms with van der Waals surface area (Å²) in [5.41, 5.74) is 2.04. The van der Waals surface area contributed by atoms with Gasteiger partial charge >= 0.3 is 0 Å². The van der Waals surface area contributed by atoms with E-state index in [0.29, 0.717) is 6.42 Å². The van der Waals surface area contributed by atoms with Crippen molar-refractivity contribution in [1.82, 2.24) is 4.90 Å². The van der Waals surface area contributed by atoms with Crippen molar-refractivity contribution in [3.05, 3.63) is 28.2 Å². The number of nitrogens with one attached hydrogen (secondary N) is 1. The molecule has 1 aromatic rings. The van der Waals surface area contributed by atoms with E-state index < -0.39 is 0 Å². The Hall–Kier alpha value is -0.870. The highest BCUT2D eigenvalue weighted by Gasteiger charge is 2.11. The number of anilines is 1. The van der Waals surface area contributed by atoms with Crippen LogP contribution in [0.4, 0.5) is 5.69 Å². The smallest absolute Gasteiger partial charge is 0.225 e. The summed E-state index contributed by atoms with van der Waals surface area (Å²) in [4.78, 5) is 14.4. The van der Waals surface area contributed by atoms with Crippen molar-refractivity contribution in [2.24, 2.45) is 0 Å². The summed E-state index contributed by atoms with van der Waals surface area (Å²) in [5.74, 6) is 0.102. The molecule has 0 aromatic heterocycles. The lowest BCUT2D eigenvalue weighted by Crippen LogP contribution is -2.28. The van der Waals surface area contributed by atoms with E-state index >= 15 is 0 Å². The van der Waals surface area contributed by atoms with Gasteiger partial charge in [-0.25, -0.2) is 0 Å². The number of nitrogens with zero attached hydrogens (tertiary/aromatic N) is 1. The van der Waals surface area contributed by atoms with Gasteiger partial charge in [-0.1, -0.05) is 34.8 Å². The van der Waals surface area contributed by atoms with E-state index in [9.17, 15) is 4.79 Å². The summed E-state index contributed by atoms with van der Waals surface area (Å²) in [7, 11) is 0. The van der Waals surface area contributed by atoms with Crippen LogP contribution in [-0.4, -0.2) is 30.4 Å². The second kappa shape index (κ2) is 7.79. The summed E-state index contributed by atoms with van der Waals surface area (Å²) < 4.78 is 1.03.